The molecule has 0 saturated carbocycles. The van der Waals surface area contributed by atoms with E-state index < -0.39 is 0 Å². The summed E-state index contributed by atoms with van der Waals surface area (Å²) in [6.07, 6.45) is 8.49. The van der Waals surface area contributed by atoms with Crippen molar-refractivity contribution in [2.24, 2.45) is 0 Å². The molecule has 4 heterocycles. The summed E-state index contributed by atoms with van der Waals surface area (Å²) in [7, 11) is 0. The Balaban J connectivity index is 1.46. The molecule has 4 rings (SSSR count). The van der Waals surface area contributed by atoms with Crippen molar-refractivity contribution in [2.75, 3.05) is 26.2 Å². The van der Waals surface area contributed by atoms with E-state index >= 15 is 0 Å². The third-order valence-electron chi connectivity index (χ3n) is 4.86. The number of carbonyl (C=O) groups excluding carboxylic acids is 1. The van der Waals surface area contributed by atoms with Gasteiger partial charge in [0, 0.05) is 38.8 Å². The Morgan fingerprint density at radius 1 is 1.17 bits per heavy atom. The van der Waals surface area contributed by atoms with E-state index in [1.807, 2.05) is 11.1 Å². The van der Waals surface area contributed by atoms with E-state index in [4.69, 9.17) is 4.42 Å². The quantitative estimate of drug-likeness (QED) is 0.866. The van der Waals surface area contributed by atoms with Crippen molar-refractivity contribution in [1.29, 1.82) is 0 Å². The van der Waals surface area contributed by atoms with Crippen molar-refractivity contribution < 1.29 is 9.21 Å². The molecule has 6 nitrogen and oxygen atoms in total. The second-order valence-corrected chi connectivity index (χ2v) is 6.35. The first kappa shape index (κ1) is 14.5. The average molecular weight is 314 g/mol. The number of rotatable bonds is 3. The monoisotopic (exact) mass is 314 g/mol. The van der Waals surface area contributed by atoms with Gasteiger partial charge < -0.3 is 13.9 Å². The maximum atomic E-state index is 12.5. The fraction of sp³-hybridized carbons (Fsp3) is 0.529. The number of furan rings is 1. The summed E-state index contributed by atoms with van der Waals surface area (Å²) < 4.78 is 7.33. The van der Waals surface area contributed by atoms with Crippen LogP contribution in [0.2, 0.25) is 0 Å². The molecule has 2 aromatic rings. The van der Waals surface area contributed by atoms with Gasteiger partial charge in [0.05, 0.1) is 17.5 Å². The molecule has 0 radical (unpaired) electrons. The van der Waals surface area contributed by atoms with Crippen LogP contribution in [0.1, 0.15) is 34.7 Å². The van der Waals surface area contributed by atoms with Crippen molar-refractivity contribution >= 4 is 5.91 Å². The molecule has 2 aliphatic rings. The van der Waals surface area contributed by atoms with Crippen LogP contribution in [0.4, 0.5) is 0 Å². The van der Waals surface area contributed by atoms with Gasteiger partial charge in [0.1, 0.15) is 12.1 Å². The molecule has 0 spiro atoms. The van der Waals surface area contributed by atoms with Gasteiger partial charge in [-0.25, -0.2) is 4.98 Å². The van der Waals surface area contributed by atoms with Crippen LogP contribution in [0.25, 0.3) is 0 Å². The number of nitrogens with zero attached hydrogens (tertiary/aromatic N) is 4. The normalized spacial score (nSPS) is 18.9. The Morgan fingerprint density at radius 3 is 2.83 bits per heavy atom. The number of fused-ring (bicyclic) bond motifs is 1. The van der Waals surface area contributed by atoms with Gasteiger partial charge in [-0.2, -0.15) is 0 Å². The summed E-state index contributed by atoms with van der Waals surface area (Å²) in [6, 6.07) is 1.73. The maximum absolute atomic E-state index is 12.5. The molecule has 0 bridgehead atoms. The molecular weight excluding hydrogens is 292 g/mol. The molecule has 0 N–H and O–H groups in total. The zero-order valence-corrected chi connectivity index (χ0v) is 13.3. The van der Waals surface area contributed by atoms with E-state index in [2.05, 4.69) is 14.5 Å². The van der Waals surface area contributed by atoms with Crippen LogP contribution in [0.3, 0.4) is 0 Å². The SMILES string of the molecule is O=C(c1ccoc1)N1CCc2ncc(CN3CCCC3)n2CC1. The Bertz CT molecular complexity index is 671. The lowest BCUT2D eigenvalue weighted by Crippen LogP contribution is -2.33. The highest BCUT2D eigenvalue weighted by Crippen LogP contribution is 2.17. The molecule has 2 aliphatic heterocycles. The topological polar surface area (TPSA) is 54.5 Å². The van der Waals surface area contributed by atoms with Crippen LogP contribution in [0.5, 0.6) is 0 Å². The number of aromatic nitrogens is 2. The number of likely N-dealkylation sites (tertiary alicyclic amines) is 1. The van der Waals surface area contributed by atoms with Crippen LogP contribution in [-0.4, -0.2) is 51.4 Å². The first-order chi connectivity index (χ1) is 11.3. The third kappa shape index (κ3) is 2.91. The Kier molecular flexibility index (Phi) is 3.91. The molecule has 0 atom stereocenters. The van der Waals surface area contributed by atoms with Crippen LogP contribution < -0.4 is 0 Å². The summed E-state index contributed by atoms with van der Waals surface area (Å²) in [4.78, 5) is 21.5. The van der Waals surface area contributed by atoms with Gasteiger partial charge in [-0.05, 0) is 32.0 Å². The fourth-order valence-electron chi connectivity index (χ4n) is 3.56. The molecule has 0 unspecified atom stereocenters. The van der Waals surface area contributed by atoms with E-state index in [1.165, 1.54) is 37.9 Å². The van der Waals surface area contributed by atoms with Gasteiger partial charge in [-0.15, -0.1) is 0 Å². The van der Waals surface area contributed by atoms with E-state index in [0.29, 0.717) is 12.1 Å². The van der Waals surface area contributed by atoms with Gasteiger partial charge in [0.15, 0.2) is 0 Å². The Labute approximate surface area is 135 Å². The van der Waals surface area contributed by atoms with Crippen molar-refractivity contribution in [3.63, 3.8) is 0 Å². The molecule has 6 heteroatoms. The fourth-order valence-corrected chi connectivity index (χ4v) is 3.56. The molecular formula is C17H22N4O2. The second kappa shape index (κ2) is 6.20. The lowest BCUT2D eigenvalue weighted by Gasteiger charge is -2.20. The van der Waals surface area contributed by atoms with Gasteiger partial charge in [-0.1, -0.05) is 0 Å². The standard InChI is InChI=1S/C17H22N4O2/c22-17(14-4-10-23-13-14)20-7-3-16-18-11-15(21(16)9-8-20)12-19-5-1-2-6-19/h4,10-11,13H,1-3,5-9,12H2. The minimum absolute atomic E-state index is 0.0468. The van der Waals surface area contributed by atoms with Crippen molar-refractivity contribution in [1.82, 2.24) is 19.4 Å². The number of imidazole rings is 1. The largest absolute Gasteiger partial charge is 0.472 e. The number of carbonyl (C=O) groups is 1. The first-order valence-corrected chi connectivity index (χ1v) is 8.38. The molecule has 0 aliphatic carbocycles. The highest BCUT2D eigenvalue weighted by Gasteiger charge is 2.23. The van der Waals surface area contributed by atoms with Crippen LogP contribution >= 0.6 is 0 Å². The summed E-state index contributed by atoms with van der Waals surface area (Å²) in [5.74, 6) is 1.15. The van der Waals surface area contributed by atoms with Crippen LogP contribution in [0.15, 0.2) is 29.2 Å². The van der Waals surface area contributed by atoms with Gasteiger partial charge in [0.25, 0.3) is 5.91 Å². The second-order valence-electron chi connectivity index (χ2n) is 6.35. The highest BCUT2D eigenvalue weighted by molar-refractivity contribution is 5.93. The lowest BCUT2D eigenvalue weighted by atomic mass is 10.2. The highest BCUT2D eigenvalue weighted by atomic mass is 16.3. The zero-order valence-electron chi connectivity index (χ0n) is 13.3. The van der Waals surface area contributed by atoms with Crippen molar-refractivity contribution in [3.8, 4) is 0 Å². The molecule has 1 fully saturated rings. The van der Waals surface area contributed by atoms with Gasteiger partial charge in [-0.3, -0.25) is 9.69 Å². The number of hydrogen-bond donors (Lipinski definition) is 0. The van der Waals surface area contributed by atoms with Crippen molar-refractivity contribution in [3.05, 3.63) is 41.9 Å². The van der Waals surface area contributed by atoms with E-state index in [-0.39, 0.29) is 5.91 Å². The predicted molar refractivity (Wildman–Crippen MR) is 85.1 cm³/mol. The number of hydrogen-bond acceptors (Lipinski definition) is 4. The zero-order chi connectivity index (χ0) is 15.6. The summed E-state index contributed by atoms with van der Waals surface area (Å²) in [5, 5.41) is 0. The van der Waals surface area contributed by atoms with E-state index in [0.717, 1.165) is 31.9 Å². The molecule has 23 heavy (non-hydrogen) atoms. The van der Waals surface area contributed by atoms with Gasteiger partial charge in [0.2, 0.25) is 0 Å². The molecule has 0 aromatic carbocycles. The first-order valence-electron chi connectivity index (χ1n) is 8.38. The smallest absolute Gasteiger partial charge is 0.257 e. The summed E-state index contributed by atoms with van der Waals surface area (Å²) in [6.45, 7) is 5.60. The van der Waals surface area contributed by atoms with E-state index in [9.17, 15) is 4.79 Å². The Morgan fingerprint density at radius 2 is 2.04 bits per heavy atom. The maximum Gasteiger partial charge on any atom is 0.257 e. The minimum atomic E-state index is 0.0468. The molecule has 1 saturated heterocycles. The third-order valence-corrected chi connectivity index (χ3v) is 4.86. The lowest BCUT2D eigenvalue weighted by molar-refractivity contribution is 0.0758. The average Bonchev–Trinajstić information content (AvgIpc) is 3.29. The Hall–Kier alpha value is -2.08. The molecule has 1 amide bonds. The molecule has 122 valence electrons. The van der Waals surface area contributed by atoms with Crippen molar-refractivity contribution in [2.45, 2.75) is 32.4 Å². The summed E-state index contributed by atoms with van der Waals surface area (Å²) >= 11 is 0. The molecule has 2 aromatic heterocycles. The predicted octanol–water partition coefficient (Wildman–Crippen LogP) is 1.77. The number of amides is 1. The summed E-state index contributed by atoms with van der Waals surface area (Å²) in [5.41, 5.74) is 1.90. The van der Waals surface area contributed by atoms with Crippen LogP contribution in [-0.2, 0) is 19.5 Å². The van der Waals surface area contributed by atoms with Gasteiger partial charge >= 0.3 is 0 Å². The van der Waals surface area contributed by atoms with E-state index in [1.54, 1.807) is 12.3 Å². The minimum Gasteiger partial charge on any atom is -0.472 e. The van der Waals surface area contributed by atoms with Crippen LogP contribution in [0, 0.1) is 0 Å².